The molecule has 0 amide bonds. The Kier molecular flexibility index (Phi) is 0.698. The fraction of sp³-hybridized carbons (Fsp3) is 1.00. The van der Waals surface area contributed by atoms with Gasteiger partial charge in [0.15, 0.2) is 8.46 Å². The van der Waals surface area contributed by atoms with Crippen LogP contribution in [-0.2, 0) is 4.57 Å². The number of rotatable bonds is 1. The van der Waals surface area contributed by atoms with E-state index in [-0.39, 0.29) is 0 Å². The lowest BCUT2D eigenvalue weighted by molar-refractivity contribution is 0.598. The molecule has 1 rings (SSSR count). The van der Waals surface area contributed by atoms with Crippen LogP contribution in [0.25, 0.3) is 0 Å². The summed E-state index contributed by atoms with van der Waals surface area (Å²) in [6, 6.07) is 0. The molecule has 0 aliphatic heterocycles. The van der Waals surface area contributed by atoms with E-state index >= 15 is 0 Å². The Labute approximate surface area is 32.6 Å². The maximum atomic E-state index is 9.66. The zero-order valence-corrected chi connectivity index (χ0v) is 3.74. The molecule has 0 saturated heterocycles. The van der Waals surface area contributed by atoms with Gasteiger partial charge in [-0.25, -0.2) is 0 Å². The normalized spacial score (nSPS) is 24.0. The summed E-state index contributed by atoms with van der Waals surface area (Å²) in [5.41, 5.74) is 0.551. The third kappa shape index (κ3) is 0.695. The first-order valence-electron chi connectivity index (χ1n) is 1.76. The van der Waals surface area contributed by atoms with E-state index in [1.807, 2.05) is 0 Å². The SMILES string of the molecule is O=PC1CC1. The van der Waals surface area contributed by atoms with Gasteiger partial charge in [-0.05, 0) is 12.8 Å². The highest BCUT2D eigenvalue weighted by Gasteiger charge is 2.20. The first-order chi connectivity index (χ1) is 2.43. The molecule has 0 heterocycles. The Morgan fingerprint density at radius 1 is 1.60 bits per heavy atom. The van der Waals surface area contributed by atoms with Crippen molar-refractivity contribution in [3.05, 3.63) is 0 Å². The summed E-state index contributed by atoms with van der Waals surface area (Å²) in [5, 5.41) is 0. The molecule has 28 valence electrons. The fourth-order valence-corrected chi connectivity index (χ4v) is 0.540. The Morgan fingerprint density at radius 2 is 2.20 bits per heavy atom. The molecule has 0 spiro atoms. The second-order valence-corrected chi connectivity index (χ2v) is 2.28. The van der Waals surface area contributed by atoms with Crippen LogP contribution in [0.15, 0.2) is 0 Å². The van der Waals surface area contributed by atoms with Crippen molar-refractivity contribution < 1.29 is 4.57 Å². The van der Waals surface area contributed by atoms with Crippen LogP contribution in [0.3, 0.4) is 0 Å². The minimum absolute atomic E-state index is 0.358. The first kappa shape index (κ1) is 3.30. The topological polar surface area (TPSA) is 17.1 Å². The van der Waals surface area contributed by atoms with Crippen molar-refractivity contribution >= 4 is 8.46 Å². The van der Waals surface area contributed by atoms with Gasteiger partial charge >= 0.3 is 0 Å². The molecule has 1 nitrogen and oxygen atoms in total. The standard InChI is InChI=1S/C3H5OP/c4-5-3-1-2-3/h3H,1-2H2. The van der Waals surface area contributed by atoms with E-state index in [2.05, 4.69) is 0 Å². The average Bonchev–Trinajstić information content (AvgIpc) is 2.12. The van der Waals surface area contributed by atoms with Gasteiger partial charge < -0.3 is 0 Å². The molecule has 0 radical (unpaired) electrons. The largest absolute Gasteiger partial charge is 0.275 e. The van der Waals surface area contributed by atoms with Gasteiger partial charge in [-0.3, -0.25) is 4.57 Å². The summed E-state index contributed by atoms with van der Waals surface area (Å²) < 4.78 is 9.66. The maximum absolute atomic E-state index is 9.66. The molecule has 1 aliphatic carbocycles. The third-order valence-electron chi connectivity index (χ3n) is 0.696. The van der Waals surface area contributed by atoms with Gasteiger partial charge in [0.1, 0.15) is 0 Å². The highest BCUT2D eigenvalue weighted by molar-refractivity contribution is 7.25. The summed E-state index contributed by atoms with van der Waals surface area (Å²) in [5.74, 6) is 0. The monoisotopic (exact) mass is 88.0 g/mol. The lowest BCUT2D eigenvalue weighted by Gasteiger charge is -1.53. The van der Waals surface area contributed by atoms with Crippen LogP contribution in [0.2, 0.25) is 0 Å². The van der Waals surface area contributed by atoms with E-state index in [1.165, 1.54) is 12.8 Å². The van der Waals surface area contributed by atoms with E-state index in [0.29, 0.717) is 14.1 Å². The highest BCUT2D eigenvalue weighted by Crippen LogP contribution is 2.31. The van der Waals surface area contributed by atoms with Crippen molar-refractivity contribution in [3.63, 3.8) is 0 Å². The zero-order chi connectivity index (χ0) is 3.70. The predicted molar refractivity (Wildman–Crippen MR) is 20.6 cm³/mol. The van der Waals surface area contributed by atoms with E-state index < -0.39 is 0 Å². The second-order valence-electron chi connectivity index (χ2n) is 1.34. The molecule has 0 aromatic rings. The van der Waals surface area contributed by atoms with Crippen LogP contribution in [0.5, 0.6) is 0 Å². The molecule has 1 saturated carbocycles. The van der Waals surface area contributed by atoms with Crippen molar-refractivity contribution in [1.82, 2.24) is 0 Å². The Balaban J connectivity index is 2.21. The van der Waals surface area contributed by atoms with Gasteiger partial charge in [0, 0.05) is 5.66 Å². The van der Waals surface area contributed by atoms with Gasteiger partial charge in [0.25, 0.3) is 0 Å². The summed E-state index contributed by atoms with van der Waals surface area (Å²) in [4.78, 5) is 0. The third-order valence-corrected chi connectivity index (χ3v) is 1.51. The predicted octanol–water partition coefficient (Wildman–Crippen LogP) is 1.44. The van der Waals surface area contributed by atoms with Crippen molar-refractivity contribution in [2.24, 2.45) is 0 Å². The second kappa shape index (κ2) is 1.06. The number of hydrogen-bond donors (Lipinski definition) is 0. The first-order valence-corrected chi connectivity index (χ1v) is 2.64. The highest BCUT2D eigenvalue weighted by atomic mass is 31.1. The molecular weight excluding hydrogens is 83.0 g/mol. The summed E-state index contributed by atoms with van der Waals surface area (Å²) in [6.45, 7) is 0. The van der Waals surface area contributed by atoms with Gasteiger partial charge in [0.05, 0.1) is 0 Å². The summed E-state index contributed by atoms with van der Waals surface area (Å²) in [7, 11) is 0.358. The van der Waals surface area contributed by atoms with Crippen molar-refractivity contribution in [2.75, 3.05) is 0 Å². The molecule has 0 unspecified atom stereocenters. The minimum Gasteiger partial charge on any atom is -0.275 e. The molecule has 0 atom stereocenters. The Bertz CT molecular complexity index is 48.9. The van der Waals surface area contributed by atoms with Crippen molar-refractivity contribution in [3.8, 4) is 0 Å². The quantitative estimate of drug-likeness (QED) is 0.443. The van der Waals surface area contributed by atoms with Gasteiger partial charge in [-0.1, -0.05) is 0 Å². The lowest BCUT2D eigenvalue weighted by Crippen LogP contribution is -1.48. The molecule has 0 aromatic carbocycles. The maximum Gasteiger partial charge on any atom is 0.158 e. The van der Waals surface area contributed by atoms with E-state index in [4.69, 9.17) is 0 Å². The summed E-state index contributed by atoms with van der Waals surface area (Å²) >= 11 is 0. The van der Waals surface area contributed by atoms with Crippen molar-refractivity contribution in [1.29, 1.82) is 0 Å². The Morgan fingerprint density at radius 3 is 2.20 bits per heavy atom. The van der Waals surface area contributed by atoms with Crippen LogP contribution >= 0.6 is 8.46 Å². The minimum atomic E-state index is 0.358. The van der Waals surface area contributed by atoms with E-state index in [0.717, 1.165) is 0 Å². The molecule has 0 aromatic heterocycles. The smallest absolute Gasteiger partial charge is 0.158 e. The zero-order valence-electron chi connectivity index (χ0n) is 2.85. The molecule has 5 heavy (non-hydrogen) atoms. The van der Waals surface area contributed by atoms with Crippen LogP contribution in [0, 0.1) is 0 Å². The fourth-order valence-electron chi connectivity index (χ4n) is 0.180. The van der Waals surface area contributed by atoms with Gasteiger partial charge in [-0.2, -0.15) is 0 Å². The lowest BCUT2D eigenvalue weighted by atomic mass is 11.0. The van der Waals surface area contributed by atoms with Gasteiger partial charge in [-0.15, -0.1) is 0 Å². The van der Waals surface area contributed by atoms with Crippen molar-refractivity contribution in [2.45, 2.75) is 18.5 Å². The van der Waals surface area contributed by atoms with Crippen LogP contribution in [0.1, 0.15) is 12.8 Å². The van der Waals surface area contributed by atoms with E-state index in [1.54, 1.807) is 0 Å². The number of hydrogen-bond acceptors (Lipinski definition) is 1. The van der Waals surface area contributed by atoms with Crippen LogP contribution in [0.4, 0.5) is 0 Å². The van der Waals surface area contributed by atoms with Crippen LogP contribution < -0.4 is 0 Å². The average molecular weight is 88.0 g/mol. The van der Waals surface area contributed by atoms with E-state index in [9.17, 15) is 4.57 Å². The molecular formula is C3H5OP. The molecule has 0 N–H and O–H groups in total. The van der Waals surface area contributed by atoms with Gasteiger partial charge in [0.2, 0.25) is 0 Å². The summed E-state index contributed by atoms with van der Waals surface area (Å²) in [6.07, 6.45) is 2.37. The molecule has 2 heteroatoms. The molecule has 1 aliphatic rings. The Hall–Kier alpha value is 0.100. The van der Waals surface area contributed by atoms with Crippen LogP contribution in [-0.4, -0.2) is 5.66 Å². The molecule has 0 bridgehead atoms. The molecule has 1 fully saturated rings.